The fourth-order valence-electron chi connectivity index (χ4n) is 3.37. The van der Waals surface area contributed by atoms with Crippen LogP contribution in [0.4, 0.5) is 0 Å². The summed E-state index contributed by atoms with van der Waals surface area (Å²) >= 11 is 11.9. The number of hydrogen-bond acceptors (Lipinski definition) is 6. The van der Waals surface area contributed by atoms with E-state index in [2.05, 4.69) is 15.8 Å². The van der Waals surface area contributed by atoms with Gasteiger partial charge in [-0.25, -0.2) is 5.43 Å². The van der Waals surface area contributed by atoms with Crippen molar-refractivity contribution in [2.75, 3.05) is 32.9 Å². The smallest absolute Gasteiger partial charge is 0.262 e. The van der Waals surface area contributed by atoms with Crippen LogP contribution in [0.15, 0.2) is 47.6 Å². The van der Waals surface area contributed by atoms with Gasteiger partial charge in [-0.3, -0.25) is 14.4 Å². The van der Waals surface area contributed by atoms with Crippen LogP contribution in [-0.4, -0.2) is 67.8 Å². The van der Waals surface area contributed by atoms with E-state index in [-0.39, 0.29) is 29.0 Å². The summed E-state index contributed by atoms with van der Waals surface area (Å²) in [5, 5.41) is 7.28. The molecule has 2 N–H and O–H groups in total. The van der Waals surface area contributed by atoms with Crippen molar-refractivity contribution in [1.82, 2.24) is 15.6 Å². The predicted molar refractivity (Wildman–Crippen MR) is 138 cm³/mol. The second-order valence-electron chi connectivity index (χ2n) is 8.41. The molecule has 0 bridgehead atoms. The Morgan fingerprint density at radius 2 is 1.86 bits per heavy atom. The van der Waals surface area contributed by atoms with E-state index < -0.39 is 17.9 Å². The van der Waals surface area contributed by atoms with Gasteiger partial charge in [0.2, 0.25) is 0 Å². The molecule has 192 valence electrons. The van der Waals surface area contributed by atoms with E-state index in [1.54, 1.807) is 29.2 Å². The molecule has 3 rings (SSSR count). The van der Waals surface area contributed by atoms with Gasteiger partial charge < -0.3 is 19.7 Å². The first-order valence-electron chi connectivity index (χ1n) is 11.4. The molecule has 2 aromatic carbocycles. The third kappa shape index (κ3) is 7.94. The lowest BCUT2D eigenvalue weighted by atomic mass is 10.0. The molecule has 1 aliphatic heterocycles. The number of hydrogen-bond donors (Lipinski definition) is 2. The zero-order chi connectivity index (χ0) is 26.1. The molecule has 1 atom stereocenters. The van der Waals surface area contributed by atoms with Gasteiger partial charge in [0.05, 0.1) is 29.5 Å². The Balaban J connectivity index is 1.54. The lowest BCUT2D eigenvalue weighted by molar-refractivity contribution is -0.137. The van der Waals surface area contributed by atoms with Gasteiger partial charge in [-0.2, -0.15) is 5.10 Å². The summed E-state index contributed by atoms with van der Waals surface area (Å²) < 4.78 is 10.9. The van der Waals surface area contributed by atoms with Gasteiger partial charge in [-0.05, 0) is 41.8 Å². The van der Waals surface area contributed by atoms with Crippen LogP contribution in [-0.2, 0) is 14.3 Å². The molecule has 1 aliphatic rings. The normalized spacial score (nSPS) is 14.5. The number of morpholine rings is 1. The molecule has 1 heterocycles. The SMILES string of the molecule is CC(C)C(NC(=O)c1ccc(Cl)c(Cl)c1)C(=O)NN=Cc1cccc(OCC(=O)N2CCOCC2)c1. The molecule has 9 nitrogen and oxygen atoms in total. The van der Waals surface area contributed by atoms with Crippen LogP contribution in [0.2, 0.25) is 10.0 Å². The Morgan fingerprint density at radius 3 is 2.56 bits per heavy atom. The number of ether oxygens (including phenoxy) is 2. The fourth-order valence-corrected chi connectivity index (χ4v) is 3.67. The first kappa shape index (κ1) is 27.4. The summed E-state index contributed by atoms with van der Waals surface area (Å²) in [4.78, 5) is 39.2. The predicted octanol–water partition coefficient (Wildman–Crippen LogP) is 3.14. The molecule has 0 saturated carbocycles. The standard InChI is InChI=1S/C25H28Cl2N4O5/c1-16(2)23(29-24(33)18-6-7-20(26)21(27)13-18)25(34)30-28-14-17-4-3-5-19(12-17)36-15-22(32)31-8-10-35-11-9-31/h3-7,12-14,16,23H,8-11,15H2,1-2H3,(H,29,33)(H,30,34). The van der Waals surface area contributed by atoms with Crippen LogP contribution in [0.1, 0.15) is 29.8 Å². The highest BCUT2D eigenvalue weighted by molar-refractivity contribution is 6.42. The summed E-state index contributed by atoms with van der Waals surface area (Å²) in [6, 6.07) is 10.6. The molecule has 1 fully saturated rings. The highest BCUT2D eigenvalue weighted by Crippen LogP contribution is 2.22. The second-order valence-corrected chi connectivity index (χ2v) is 9.23. The molecule has 0 aromatic heterocycles. The van der Waals surface area contributed by atoms with E-state index in [0.29, 0.717) is 42.6 Å². The van der Waals surface area contributed by atoms with E-state index in [4.69, 9.17) is 32.7 Å². The minimum atomic E-state index is -0.829. The largest absolute Gasteiger partial charge is 0.484 e. The summed E-state index contributed by atoms with van der Waals surface area (Å²) in [5.41, 5.74) is 3.40. The van der Waals surface area contributed by atoms with E-state index >= 15 is 0 Å². The first-order chi connectivity index (χ1) is 17.2. The Morgan fingerprint density at radius 1 is 1.11 bits per heavy atom. The molecule has 2 aromatic rings. The number of benzene rings is 2. The van der Waals surface area contributed by atoms with E-state index in [1.807, 2.05) is 13.8 Å². The third-order valence-corrected chi connectivity index (χ3v) is 6.13. The number of nitrogens with zero attached hydrogens (tertiary/aromatic N) is 2. The molecule has 0 spiro atoms. The Hall–Kier alpha value is -3.14. The van der Waals surface area contributed by atoms with Gasteiger partial charge in [0, 0.05) is 18.7 Å². The first-order valence-corrected chi connectivity index (χ1v) is 12.2. The quantitative estimate of drug-likeness (QED) is 0.379. The summed E-state index contributed by atoms with van der Waals surface area (Å²) in [7, 11) is 0. The number of rotatable bonds is 9. The van der Waals surface area contributed by atoms with Crippen molar-refractivity contribution in [2.45, 2.75) is 19.9 Å². The molecule has 1 unspecified atom stereocenters. The number of hydrazone groups is 1. The van der Waals surface area contributed by atoms with Crippen LogP contribution in [0.3, 0.4) is 0 Å². The van der Waals surface area contributed by atoms with Crippen LogP contribution in [0.25, 0.3) is 0 Å². The molecule has 36 heavy (non-hydrogen) atoms. The molecule has 11 heteroatoms. The topological polar surface area (TPSA) is 109 Å². The highest BCUT2D eigenvalue weighted by Gasteiger charge is 2.25. The molecule has 1 saturated heterocycles. The minimum Gasteiger partial charge on any atom is -0.484 e. The highest BCUT2D eigenvalue weighted by atomic mass is 35.5. The van der Waals surface area contributed by atoms with Crippen LogP contribution in [0.5, 0.6) is 5.75 Å². The zero-order valence-electron chi connectivity index (χ0n) is 20.0. The lowest BCUT2D eigenvalue weighted by Crippen LogP contribution is -2.48. The number of nitrogens with one attached hydrogen (secondary N) is 2. The van der Waals surface area contributed by atoms with Crippen molar-refractivity contribution < 1.29 is 23.9 Å². The Bertz CT molecular complexity index is 1120. The maximum Gasteiger partial charge on any atom is 0.262 e. The summed E-state index contributed by atoms with van der Waals surface area (Å²) in [6.07, 6.45) is 1.45. The number of amides is 3. The molecular formula is C25H28Cl2N4O5. The Labute approximate surface area is 219 Å². The van der Waals surface area contributed by atoms with Crippen LogP contribution in [0, 0.1) is 5.92 Å². The molecule has 3 amide bonds. The van der Waals surface area contributed by atoms with Gasteiger partial charge >= 0.3 is 0 Å². The Kier molecular flexibility index (Phi) is 10.1. The number of carbonyl (C=O) groups is 3. The van der Waals surface area contributed by atoms with Crippen LogP contribution < -0.4 is 15.5 Å². The van der Waals surface area contributed by atoms with Gasteiger partial charge in [0.15, 0.2) is 6.61 Å². The maximum atomic E-state index is 12.7. The minimum absolute atomic E-state index is 0.0775. The molecule has 0 radical (unpaired) electrons. The van der Waals surface area contributed by atoms with Crippen molar-refractivity contribution in [1.29, 1.82) is 0 Å². The zero-order valence-corrected chi connectivity index (χ0v) is 21.5. The van der Waals surface area contributed by atoms with Crippen molar-refractivity contribution >= 4 is 47.1 Å². The molecular weight excluding hydrogens is 507 g/mol. The van der Waals surface area contributed by atoms with Gasteiger partial charge in [-0.15, -0.1) is 0 Å². The monoisotopic (exact) mass is 534 g/mol. The van der Waals surface area contributed by atoms with E-state index in [9.17, 15) is 14.4 Å². The summed E-state index contributed by atoms with van der Waals surface area (Å²) in [6.45, 7) is 5.70. The van der Waals surface area contributed by atoms with Gasteiger partial charge in [0.1, 0.15) is 11.8 Å². The fraction of sp³-hybridized carbons (Fsp3) is 0.360. The average molecular weight is 535 g/mol. The van der Waals surface area contributed by atoms with Crippen molar-refractivity contribution in [3.63, 3.8) is 0 Å². The lowest BCUT2D eigenvalue weighted by Gasteiger charge is -2.26. The second kappa shape index (κ2) is 13.2. The number of halogens is 2. The van der Waals surface area contributed by atoms with E-state index in [1.165, 1.54) is 24.4 Å². The maximum absolute atomic E-state index is 12.7. The van der Waals surface area contributed by atoms with Gasteiger partial charge in [-0.1, -0.05) is 49.2 Å². The van der Waals surface area contributed by atoms with Gasteiger partial charge in [0.25, 0.3) is 17.7 Å². The van der Waals surface area contributed by atoms with Crippen molar-refractivity contribution in [3.8, 4) is 5.75 Å². The van der Waals surface area contributed by atoms with Crippen molar-refractivity contribution in [2.24, 2.45) is 11.0 Å². The van der Waals surface area contributed by atoms with Crippen molar-refractivity contribution in [3.05, 3.63) is 63.6 Å². The average Bonchev–Trinajstić information content (AvgIpc) is 2.87. The number of carbonyl (C=O) groups excluding carboxylic acids is 3. The van der Waals surface area contributed by atoms with Crippen LogP contribution >= 0.6 is 23.2 Å². The van der Waals surface area contributed by atoms with E-state index in [0.717, 1.165) is 0 Å². The summed E-state index contributed by atoms with van der Waals surface area (Å²) in [5.74, 6) is -0.734. The molecule has 0 aliphatic carbocycles. The third-order valence-electron chi connectivity index (χ3n) is 5.39.